The quantitative estimate of drug-likeness (QED) is 0.326. The summed E-state index contributed by atoms with van der Waals surface area (Å²) in [5.41, 5.74) is 0. The van der Waals surface area contributed by atoms with E-state index in [1.165, 1.54) is 0 Å². The normalized spacial score (nSPS) is 7.38. The van der Waals surface area contributed by atoms with Gasteiger partial charge >= 0.3 is 91.9 Å². The maximum Gasteiger partial charge on any atom is 2.00 e. The van der Waals surface area contributed by atoms with Gasteiger partial charge in [0.25, 0.3) is 0 Å². The van der Waals surface area contributed by atoms with Crippen molar-refractivity contribution in [2.75, 3.05) is 0 Å². The average Bonchev–Trinajstić information content (AvgIpc) is 0.722. The second kappa shape index (κ2) is 10.1. The molecule has 0 atom stereocenters. The molecule has 1 radical (unpaired) electrons. The Morgan fingerprint density at radius 1 is 1.12 bits per heavy atom. The van der Waals surface area contributed by atoms with E-state index in [4.69, 9.17) is 19.2 Å². The second-order valence-corrected chi connectivity index (χ2v) is 1.34. The molecule has 0 N–H and O–H groups in total. The van der Waals surface area contributed by atoms with E-state index in [9.17, 15) is 0 Å². The third-order valence-electron chi connectivity index (χ3n) is 0. The van der Waals surface area contributed by atoms with E-state index >= 15 is 0 Å². The smallest absolute Gasteiger partial charge is 0.822 e. The molecule has 0 aromatic carbocycles. The van der Waals surface area contributed by atoms with Crippen LogP contribution in [0.2, 0.25) is 0 Å². The van der Waals surface area contributed by atoms with Crippen molar-refractivity contribution in [1.82, 2.24) is 0 Å². The molecule has 8 heavy (non-hydrogen) atoms. The minimum Gasteiger partial charge on any atom is -0.822 e. The number of hydrogen-bond acceptors (Lipinski definition) is 4. The van der Waals surface area contributed by atoms with E-state index in [1.54, 1.807) is 0 Å². The van der Waals surface area contributed by atoms with Gasteiger partial charge in [-0.3, -0.25) is 0 Å². The van der Waals surface area contributed by atoms with Gasteiger partial charge in [0.05, 0.1) is 0 Å². The van der Waals surface area contributed by atoms with Crippen LogP contribution in [0.15, 0.2) is 0 Å². The summed E-state index contributed by atoms with van der Waals surface area (Å²) in [6.45, 7) is 0. The molecule has 0 spiro atoms. The Balaban J connectivity index is -0.0000000267. The topological polar surface area (TPSA) is 86.2 Å². The summed E-state index contributed by atoms with van der Waals surface area (Å²) in [6, 6.07) is 0. The molecule has 0 unspecified atom stereocenters. The van der Waals surface area contributed by atoms with Crippen molar-refractivity contribution in [2.45, 2.75) is 0 Å². The van der Waals surface area contributed by atoms with Gasteiger partial charge in [-0.2, -0.15) is 7.82 Å². The third-order valence-corrected chi connectivity index (χ3v) is 0. The first-order valence-electron chi connectivity index (χ1n) is 0.730. The molecular formula is BaCoO4PZr+3. The van der Waals surface area contributed by atoms with Crippen molar-refractivity contribution in [2.24, 2.45) is 0 Å². The number of rotatable bonds is 0. The first-order chi connectivity index (χ1) is 2.00. The van der Waals surface area contributed by atoms with E-state index < -0.39 is 7.82 Å². The van der Waals surface area contributed by atoms with Crippen molar-refractivity contribution in [3.05, 3.63) is 0 Å². The van der Waals surface area contributed by atoms with Gasteiger partial charge in [-0.1, -0.05) is 0 Å². The maximum atomic E-state index is 8.55. The molecule has 41 valence electrons. The monoisotopic (exact) mass is 382 g/mol. The zero-order valence-electron chi connectivity index (χ0n) is 3.62. The van der Waals surface area contributed by atoms with E-state index in [2.05, 4.69) is 0 Å². The van der Waals surface area contributed by atoms with E-state index in [1.807, 2.05) is 0 Å². The Morgan fingerprint density at radius 3 is 1.12 bits per heavy atom. The maximum absolute atomic E-state index is 8.55. The summed E-state index contributed by atoms with van der Waals surface area (Å²) in [4.78, 5) is 25.6. The van der Waals surface area contributed by atoms with Gasteiger partial charge in [-0.15, -0.1) is 0 Å². The Kier molecular flexibility index (Phi) is 28.3. The molecular weight excluding hydrogens is 382 g/mol. The fraction of sp³-hybridized carbons (Fsp3) is 0. The Bertz CT molecular complexity index is 62.2. The molecule has 0 aromatic rings. The van der Waals surface area contributed by atoms with Crippen LogP contribution in [0.3, 0.4) is 0 Å². The molecule has 8 heteroatoms. The molecule has 0 rings (SSSR count). The largest absolute Gasteiger partial charge is 2.00 e. The van der Waals surface area contributed by atoms with Crippen LogP contribution in [0.1, 0.15) is 0 Å². The molecule has 0 aliphatic rings. The zero-order chi connectivity index (χ0) is 4.50. The van der Waals surface area contributed by atoms with Crippen molar-refractivity contribution in [1.29, 1.82) is 0 Å². The molecule has 4 nitrogen and oxygen atoms in total. The van der Waals surface area contributed by atoms with E-state index in [0.717, 1.165) is 0 Å². The van der Waals surface area contributed by atoms with Gasteiger partial charge in [0.15, 0.2) is 0 Å². The summed E-state index contributed by atoms with van der Waals surface area (Å²) < 4.78 is 8.55. The van der Waals surface area contributed by atoms with E-state index in [0.29, 0.717) is 0 Å². The predicted molar refractivity (Wildman–Crippen MR) is 13.4 cm³/mol. The average molecular weight is 382 g/mol. The number of phosphoric acid groups is 1. The molecule has 0 fully saturated rings. The Morgan fingerprint density at radius 2 is 1.12 bits per heavy atom. The van der Waals surface area contributed by atoms with Gasteiger partial charge in [0, 0.05) is 0 Å². The fourth-order valence-electron chi connectivity index (χ4n) is 0. The van der Waals surface area contributed by atoms with Gasteiger partial charge in [-0.05, 0) is 0 Å². The SMILES string of the molecule is O=P([O-])([O-])[O-].[Ba+2].[Co+2].[Zr+2]. The minimum absolute atomic E-state index is 0. The summed E-state index contributed by atoms with van der Waals surface area (Å²) in [5.74, 6) is 0. The summed E-state index contributed by atoms with van der Waals surface area (Å²) in [6.07, 6.45) is 0. The molecule has 0 aliphatic heterocycles. The molecule has 0 amide bonds. The predicted octanol–water partition coefficient (Wildman–Crippen LogP) is -3.21. The van der Waals surface area contributed by atoms with Crippen molar-refractivity contribution >= 4 is 56.7 Å². The molecule has 0 saturated carbocycles. The standard InChI is InChI=1S/Ba.Co.H3O4P.Zr/c;;1-5(2,3)4;/h;;(H3,1,2,3,4);/q2*+2;;+2/p-3. The van der Waals surface area contributed by atoms with Gasteiger partial charge in [0.2, 0.25) is 0 Å². The first-order valence-corrected chi connectivity index (χ1v) is 2.19. The van der Waals surface area contributed by atoms with Crippen molar-refractivity contribution < 1.29 is 62.2 Å². The summed E-state index contributed by atoms with van der Waals surface area (Å²) in [5, 5.41) is 0. The van der Waals surface area contributed by atoms with Gasteiger partial charge in [0.1, 0.15) is 0 Å². The van der Waals surface area contributed by atoms with Crippen LogP contribution in [0.25, 0.3) is 0 Å². The van der Waals surface area contributed by atoms with Crippen LogP contribution < -0.4 is 14.7 Å². The number of hydrogen-bond donors (Lipinski definition) is 0. The minimum atomic E-state index is -5.39. The summed E-state index contributed by atoms with van der Waals surface area (Å²) in [7, 11) is -5.39. The molecule has 0 bridgehead atoms. The molecule has 0 aliphatic carbocycles. The molecule has 0 heterocycles. The van der Waals surface area contributed by atoms with Gasteiger partial charge < -0.3 is 19.2 Å². The van der Waals surface area contributed by atoms with Crippen LogP contribution >= 0.6 is 7.82 Å². The zero-order valence-corrected chi connectivity index (χ0v) is 12.5. The van der Waals surface area contributed by atoms with E-state index in [-0.39, 0.29) is 91.9 Å². The van der Waals surface area contributed by atoms with Crippen LogP contribution in [0, 0.1) is 0 Å². The molecule has 0 saturated heterocycles. The molecule has 0 aromatic heterocycles. The van der Waals surface area contributed by atoms with Crippen molar-refractivity contribution in [3.63, 3.8) is 0 Å². The van der Waals surface area contributed by atoms with Gasteiger partial charge in [-0.25, -0.2) is 0 Å². The van der Waals surface area contributed by atoms with Crippen LogP contribution in [0.5, 0.6) is 0 Å². The third kappa shape index (κ3) is 62.7. The second-order valence-electron chi connectivity index (χ2n) is 0.447. The summed E-state index contributed by atoms with van der Waals surface area (Å²) >= 11 is 0. The van der Waals surface area contributed by atoms with Crippen LogP contribution in [0.4, 0.5) is 0 Å². The van der Waals surface area contributed by atoms with Crippen molar-refractivity contribution in [3.8, 4) is 0 Å². The Hall–Kier alpha value is 3.07. The fourth-order valence-corrected chi connectivity index (χ4v) is 0. The Labute approximate surface area is 116 Å². The van der Waals surface area contributed by atoms with Crippen LogP contribution in [-0.2, 0) is 47.5 Å². The van der Waals surface area contributed by atoms with Crippen LogP contribution in [-0.4, -0.2) is 48.9 Å². The first kappa shape index (κ1) is 22.5.